The second-order valence-corrected chi connectivity index (χ2v) is 6.25. The van der Waals surface area contributed by atoms with Crippen molar-refractivity contribution in [3.8, 4) is 5.75 Å². The largest absolute Gasteiger partial charge is 0.497 e. The first-order chi connectivity index (χ1) is 12.4. The molecule has 2 rings (SSSR count). The van der Waals surface area contributed by atoms with Crippen LogP contribution in [0.1, 0.15) is 6.92 Å². The topological polar surface area (TPSA) is 70.7 Å². The number of ether oxygens (including phenoxy) is 1. The Morgan fingerprint density at radius 2 is 1.88 bits per heavy atom. The lowest BCUT2D eigenvalue weighted by Crippen LogP contribution is -2.43. The Bertz CT molecular complexity index is 782. The minimum atomic E-state index is -0.502. The van der Waals surface area contributed by atoms with Crippen LogP contribution in [0.4, 0.5) is 11.4 Å². The van der Waals surface area contributed by atoms with Crippen molar-refractivity contribution in [2.75, 3.05) is 31.3 Å². The molecule has 0 fully saturated rings. The smallest absolute Gasteiger partial charge is 0.241 e. The molecule has 2 aromatic rings. The second-order valence-electron chi connectivity index (χ2n) is 5.84. The van der Waals surface area contributed by atoms with Gasteiger partial charge in [-0.25, -0.2) is 0 Å². The predicted octanol–water partition coefficient (Wildman–Crippen LogP) is 3.25. The maximum Gasteiger partial charge on any atom is 0.241 e. The summed E-state index contributed by atoms with van der Waals surface area (Å²) in [5, 5.41) is 6.02. The van der Waals surface area contributed by atoms with E-state index in [0.29, 0.717) is 22.1 Å². The number of methoxy groups -OCH3 is 1. The summed E-state index contributed by atoms with van der Waals surface area (Å²) in [6.07, 6.45) is 0. The average Bonchev–Trinajstić information content (AvgIpc) is 2.63. The molecule has 1 atom stereocenters. The van der Waals surface area contributed by atoms with Crippen LogP contribution in [-0.2, 0) is 9.59 Å². The van der Waals surface area contributed by atoms with Gasteiger partial charge in [0.15, 0.2) is 0 Å². The number of anilines is 2. The molecule has 0 aliphatic rings. The number of hydrogen-bond donors (Lipinski definition) is 2. The fourth-order valence-electron chi connectivity index (χ4n) is 2.26. The average molecular weight is 376 g/mol. The van der Waals surface area contributed by atoms with Gasteiger partial charge in [-0.3, -0.25) is 14.5 Å². The minimum Gasteiger partial charge on any atom is -0.497 e. The van der Waals surface area contributed by atoms with Gasteiger partial charge in [-0.15, -0.1) is 0 Å². The molecule has 2 amide bonds. The molecule has 2 aromatic carbocycles. The summed E-state index contributed by atoms with van der Waals surface area (Å²) in [6.45, 7) is 1.79. The molecular formula is C19H22ClN3O3. The molecule has 2 N–H and O–H groups in total. The van der Waals surface area contributed by atoms with Gasteiger partial charge in [0.05, 0.1) is 30.4 Å². The summed E-state index contributed by atoms with van der Waals surface area (Å²) >= 11 is 6.03. The van der Waals surface area contributed by atoms with Gasteiger partial charge in [-0.1, -0.05) is 29.8 Å². The van der Waals surface area contributed by atoms with Crippen LogP contribution in [-0.4, -0.2) is 43.5 Å². The van der Waals surface area contributed by atoms with E-state index in [9.17, 15) is 9.59 Å². The van der Waals surface area contributed by atoms with Crippen molar-refractivity contribution in [3.05, 3.63) is 53.6 Å². The third-order valence-electron chi connectivity index (χ3n) is 3.92. The number of likely N-dealkylation sites (N-methyl/N-ethyl adjacent to an activating group) is 1. The van der Waals surface area contributed by atoms with E-state index in [0.717, 1.165) is 0 Å². The quantitative estimate of drug-likeness (QED) is 0.779. The number of nitrogens with one attached hydrogen (secondary N) is 2. The van der Waals surface area contributed by atoms with Gasteiger partial charge in [-0.05, 0) is 38.2 Å². The number of benzene rings is 2. The zero-order valence-electron chi connectivity index (χ0n) is 15.0. The van der Waals surface area contributed by atoms with Crippen molar-refractivity contribution in [2.45, 2.75) is 13.0 Å². The first-order valence-electron chi connectivity index (χ1n) is 8.10. The summed E-state index contributed by atoms with van der Waals surface area (Å²) in [7, 11) is 3.27. The van der Waals surface area contributed by atoms with Gasteiger partial charge < -0.3 is 15.4 Å². The van der Waals surface area contributed by atoms with E-state index in [1.807, 2.05) is 0 Å². The Kier molecular flexibility index (Phi) is 7.00. The molecule has 0 unspecified atom stereocenters. The zero-order chi connectivity index (χ0) is 19.1. The van der Waals surface area contributed by atoms with Crippen molar-refractivity contribution in [1.82, 2.24) is 4.90 Å². The third kappa shape index (κ3) is 5.47. The molecule has 0 radical (unpaired) electrons. The molecule has 0 heterocycles. The monoisotopic (exact) mass is 375 g/mol. The number of rotatable bonds is 7. The maximum absolute atomic E-state index is 12.4. The number of halogens is 1. The van der Waals surface area contributed by atoms with E-state index in [-0.39, 0.29) is 18.4 Å². The van der Waals surface area contributed by atoms with Crippen LogP contribution in [0.2, 0.25) is 5.02 Å². The lowest BCUT2D eigenvalue weighted by Gasteiger charge is -2.23. The van der Waals surface area contributed by atoms with Crippen molar-refractivity contribution in [2.24, 2.45) is 0 Å². The molecule has 6 nitrogen and oxygen atoms in total. The summed E-state index contributed by atoms with van der Waals surface area (Å²) < 4.78 is 5.14. The van der Waals surface area contributed by atoms with Crippen molar-refractivity contribution in [3.63, 3.8) is 0 Å². The Morgan fingerprint density at radius 1 is 1.15 bits per heavy atom. The molecule has 0 spiro atoms. The predicted molar refractivity (Wildman–Crippen MR) is 104 cm³/mol. The van der Waals surface area contributed by atoms with Crippen molar-refractivity contribution >= 4 is 34.8 Å². The van der Waals surface area contributed by atoms with Crippen LogP contribution in [0.15, 0.2) is 48.5 Å². The fourth-order valence-corrected chi connectivity index (χ4v) is 2.45. The van der Waals surface area contributed by atoms with Crippen LogP contribution in [0.5, 0.6) is 5.75 Å². The highest BCUT2D eigenvalue weighted by molar-refractivity contribution is 6.33. The highest BCUT2D eigenvalue weighted by Crippen LogP contribution is 2.20. The lowest BCUT2D eigenvalue weighted by molar-refractivity contribution is -0.122. The number of carbonyl (C=O) groups excluding carboxylic acids is 2. The van der Waals surface area contributed by atoms with E-state index < -0.39 is 6.04 Å². The lowest BCUT2D eigenvalue weighted by atomic mass is 10.2. The van der Waals surface area contributed by atoms with Crippen molar-refractivity contribution in [1.29, 1.82) is 0 Å². The number of para-hydroxylation sites is 1. The Balaban J connectivity index is 1.91. The number of hydrogen-bond acceptors (Lipinski definition) is 4. The van der Waals surface area contributed by atoms with Gasteiger partial charge in [0.1, 0.15) is 5.75 Å². The van der Waals surface area contributed by atoms with Crippen LogP contribution >= 0.6 is 11.6 Å². The Hall–Kier alpha value is -2.57. The first kappa shape index (κ1) is 19.8. The van der Waals surface area contributed by atoms with E-state index in [1.54, 1.807) is 74.5 Å². The van der Waals surface area contributed by atoms with Gasteiger partial charge >= 0.3 is 0 Å². The summed E-state index contributed by atoms with van der Waals surface area (Å²) in [5.41, 5.74) is 1.18. The Labute approximate surface area is 158 Å². The zero-order valence-corrected chi connectivity index (χ0v) is 15.7. The molecule has 138 valence electrons. The molecule has 0 aliphatic heterocycles. The first-order valence-corrected chi connectivity index (χ1v) is 8.48. The highest BCUT2D eigenvalue weighted by Gasteiger charge is 2.20. The summed E-state index contributed by atoms with van der Waals surface area (Å²) in [6, 6.07) is 13.6. The standard InChI is InChI=1S/C19H22ClN3O3/c1-13(19(25)21-14-7-6-8-15(11-14)26-3)23(2)12-18(24)22-17-10-5-4-9-16(17)20/h4-11,13H,12H2,1-3H3,(H,21,25)(H,22,24)/t13-/m0/s1. The molecule has 0 aliphatic carbocycles. The van der Waals surface area contributed by atoms with Crippen LogP contribution in [0.3, 0.4) is 0 Å². The van der Waals surface area contributed by atoms with Crippen molar-refractivity contribution < 1.29 is 14.3 Å². The van der Waals surface area contributed by atoms with Gasteiger partial charge in [0, 0.05) is 11.8 Å². The molecule has 0 saturated heterocycles. The fraction of sp³-hybridized carbons (Fsp3) is 0.263. The molecule has 7 heteroatoms. The van der Waals surface area contributed by atoms with E-state index in [2.05, 4.69) is 10.6 Å². The van der Waals surface area contributed by atoms with E-state index in [4.69, 9.17) is 16.3 Å². The molecule has 26 heavy (non-hydrogen) atoms. The van der Waals surface area contributed by atoms with Crippen LogP contribution in [0, 0.1) is 0 Å². The van der Waals surface area contributed by atoms with Crippen LogP contribution in [0.25, 0.3) is 0 Å². The number of nitrogens with zero attached hydrogens (tertiary/aromatic N) is 1. The number of amides is 2. The highest BCUT2D eigenvalue weighted by atomic mass is 35.5. The van der Waals surface area contributed by atoms with Gasteiger partial charge in [0.2, 0.25) is 11.8 Å². The molecule has 0 bridgehead atoms. The summed E-state index contributed by atoms with van der Waals surface area (Å²) in [4.78, 5) is 26.2. The van der Waals surface area contributed by atoms with E-state index in [1.165, 1.54) is 0 Å². The summed E-state index contributed by atoms with van der Waals surface area (Å²) in [5.74, 6) is 0.191. The molecule has 0 saturated carbocycles. The number of carbonyl (C=O) groups is 2. The Morgan fingerprint density at radius 3 is 2.58 bits per heavy atom. The SMILES string of the molecule is COc1cccc(NC(=O)[C@H](C)N(C)CC(=O)Nc2ccccc2Cl)c1. The third-order valence-corrected chi connectivity index (χ3v) is 4.25. The molecule has 0 aromatic heterocycles. The maximum atomic E-state index is 12.4. The normalized spacial score (nSPS) is 11.7. The van der Waals surface area contributed by atoms with E-state index >= 15 is 0 Å². The minimum absolute atomic E-state index is 0.0535. The second kappa shape index (κ2) is 9.22. The van der Waals surface area contributed by atoms with Gasteiger partial charge in [-0.2, -0.15) is 0 Å². The van der Waals surface area contributed by atoms with Crippen LogP contribution < -0.4 is 15.4 Å². The van der Waals surface area contributed by atoms with Gasteiger partial charge in [0.25, 0.3) is 0 Å². The molecular weight excluding hydrogens is 354 g/mol.